The van der Waals surface area contributed by atoms with Gasteiger partial charge in [-0.1, -0.05) is 12.1 Å². The van der Waals surface area contributed by atoms with Crippen molar-refractivity contribution in [3.05, 3.63) is 57.3 Å². The predicted octanol–water partition coefficient (Wildman–Crippen LogP) is 4.26. The predicted molar refractivity (Wildman–Crippen MR) is 98.2 cm³/mol. The number of rotatable bonds is 5. The van der Waals surface area contributed by atoms with E-state index in [9.17, 15) is 9.59 Å². The van der Waals surface area contributed by atoms with Gasteiger partial charge in [0.2, 0.25) is 0 Å². The first-order valence-corrected chi connectivity index (χ1v) is 8.55. The fourth-order valence-corrected chi connectivity index (χ4v) is 2.89. The first-order valence-electron chi connectivity index (χ1n) is 7.67. The van der Waals surface area contributed by atoms with Crippen molar-refractivity contribution in [1.29, 1.82) is 0 Å². The van der Waals surface area contributed by atoms with Crippen LogP contribution in [0.25, 0.3) is 6.08 Å². The van der Waals surface area contributed by atoms with Crippen LogP contribution in [0.2, 0.25) is 0 Å². The number of benzene rings is 1. The zero-order valence-electron chi connectivity index (χ0n) is 14.3. The van der Waals surface area contributed by atoms with Gasteiger partial charge < -0.3 is 10.1 Å². The summed E-state index contributed by atoms with van der Waals surface area (Å²) >= 11 is 1.55. The Morgan fingerprint density at radius 3 is 2.58 bits per heavy atom. The molecule has 24 heavy (non-hydrogen) atoms. The highest BCUT2D eigenvalue weighted by Gasteiger charge is 2.17. The quantitative estimate of drug-likeness (QED) is 0.652. The first-order chi connectivity index (χ1) is 11.4. The molecule has 0 saturated heterocycles. The standard InChI is InChI=1S/C19H21NO3S/c1-12-5-6-13(2)16(11-12)20-19(22)15(4)23-18(21)8-7-17-14(3)9-10-24-17/h5-11,15H,1-4H3,(H,20,22)/b8-7+/t15-/m1/s1. The average Bonchev–Trinajstić information content (AvgIpc) is 2.94. The Labute approximate surface area is 146 Å². The lowest BCUT2D eigenvalue weighted by atomic mass is 10.1. The minimum Gasteiger partial charge on any atom is -0.449 e. The number of hydrogen-bond donors (Lipinski definition) is 1. The maximum Gasteiger partial charge on any atom is 0.331 e. The Bertz CT molecular complexity index is 777. The smallest absolute Gasteiger partial charge is 0.331 e. The van der Waals surface area contributed by atoms with E-state index < -0.39 is 12.1 Å². The van der Waals surface area contributed by atoms with Crippen LogP contribution in [0, 0.1) is 20.8 Å². The van der Waals surface area contributed by atoms with Gasteiger partial charge >= 0.3 is 5.97 Å². The topological polar surface area (TPSA) is 55.4 Å². The highest BCUT2D eigenvalue weighted by atomic mass is 32.1. The van der Waals surface area contributed by atoms with Crippen LogP contribution >= 0.6 is 11.3 Å². The Morgan fingerprint density at radius 2 is 1.92 bits per heavy atom. The molecule has 2 aromatic rings. The van der Waals surface area contributed by atoms with Crippen LogP contribution in [0.3, 0.4) is 0 Å². The summed E-state index contributed by atoms with van der Waals surface area (Å²) in [4.78, 5) is 25.0. The van der Waals surface area contributed by atoms with Gasteiger partial charge in [0, 0.05) is 16.6 Å². The SMILES string of the molecule is Cc1ccc(C)c(NC(=O)[C@@H](C)OC(=O)/C=C/c2sccc2C)c1. The van der Waals surface area contributed by atoms with E-state index in [0.717, 1.165) is 27.3 Å². The molecule has 1 aromatic carbocycles. The first kappa shape index (κ1) is 17.9. The number of thiophene rings is 1. The number of anilines is 1. The highest BCUT2D eigenvalue weighted by molar-refractivity contribution is 7.11. The third kappa shape index (κ3) is 4.80. The molecule has 1 amide bonds. The van der Waals surface area contributed by atoms with Crippen molar-refractivity contribution in [2.45, 2.75) is 33.8 Å². The summed E-state index contributed by atoms with van der Waals surface area (Å²) in [6.45, 7) is 7.40. The summed E-state index contributed by atoms with van der Waals surface area (Å²) in [6, 6.07) is 7.79. The van der Waals surface area contributed by atoms with Crippen LogP contribution < -0.4 is 5.32 Å². The molecule has 4 nitrogen and oxygen atoms in total. The summed E-state index contributed by atoms with van der Waals surface area (Å²) in [6.07, 6.45) is 2.18. The van der Waals surface area contributed by atoms with Gasteiger partial charge in [-0.05, 0) is 68.0 Å². The van der Waals surface area contributed by atoms with E-state index in [2.05, 4.69) is 5.32 Å². The van der Waals surface area contributed by atoms with Crippen LogP contribution in [0.1, 0.15) is 28.5 Å². The van der Waals surface area contributed by atoms with Gasteiger partial charge in [0.1, 0.15) is 0 Å². The Morgan fingerprint density at radius 1 is 1.17 bits per heavy atom. The molecule has 5 heteroatoms. The second-order valence-corrected chi connectivity index (χ2v) is 6.64. The number of ether oxygens (including phenoxy) is 1. The second-order valence-electron chi connectivity index (χ2n) is 5.69. The molecule has 0 aliphatic rings. The third-order valence-corrected chi connectivity index (χ3v) is 4.57. The highest BCUT2D eigenvalue weighted by Crippen LogP contribution is 2.18. The molecule has 1 heterocycles. The number of carbonyl (C=O) groups is 2. The third-order valence-electron chi connectivity index (χ3n) is 3.59. The lowest BCUT2D eigenvalue weighted by Crippen LogP contribution is -2.29. The lowest BCUT2D eigenvalue weighted by molar-refractivity contribution is -0.148. The van der Waals surface area contributed by atoms with E-state index in [0.29, 0.717) is 0 Å². The lowest BCUT2D eigenvalue weighted by Gasteiger charge is -2.14. The van der Waals surface area contributed by atoms with E-state index in [1.54, 1.807) is 24.3 Å². The summed E-state index contributed by atoms with van der Waals surface area (Å²) < 4.78 is 5.16. The van der Waals surface area contributed by atoms with Gasteiger partial charge in [-0.25, -0.2) is 4.79 Å². The molecule has 1 aromatic heterocycles. The zero-order valence-corrected chi connectivity index (χ0v) is 15.1. The van der Waals surface area contributed by atoms with Crippen molar-refractivity contribution in [3.63, 3.8) is 0 Å². The molecule has 0 bridgehead atoms. The van der Waals surface area contributed by atoms with Crippen LogP contribution in [0.5, 0.6) is 0 Å². The number of carbonyl (C=O) groups excluding carboxylic acids is 2. The normalized spacial score (nSPS) is 12.2. The molecule has 0 aliphatic carbocycles. The molecule has 1 N–H and O–H groups in total. The van der Waals surface area contributed by atoms with Gasteiger partial charge in [0.25, 0.3) is 5.91 Å². The van der Waals surface area contributed by atoms with Crippen LogP contribution in [-0.2, 0) is 14.3 Å². The minimum absolute atomic E-state index is 0.349. The molecule has 1 atom stereocenters. The van der Waals surface area contributed by atoms with Crippen LogP contribution in [-0.4, -0.2) is 18.0 Å². The zero-order chi connectivity index (χ0) is 17.7. The Kier molecular flexibility index (Phi) is 5.93. The molecule has 126 valence electrons. The van der Waals surface area contributed by atoms with Crippen LogP contribution in [0.4, 0.5) is 5.69 Å². The number of nitrogens with one attached hydrogen (secondary N) is 1. The van der Waals surface area contributed by atoms with E-state index in [1.165, 1.54) is 6.08 Å². The number of amides is 1. The summed E-state index contributed by atoms with van der Waals surface area (Å²) in [5, 5.41) is 4.76. The van der Waals surface area contributed by atoms with Crippen molar-refractivity contribution < 1.29 is 14.3 Å². The van der Waals surface area contributed by atoms with Gasteiger partial charge in [-0.3, -0.25) is 4.79 Å². The fourth-order valence-electron chi connectivity index (χ4n) is 2.07. The second kappa shape index (κ2) is 7.93. The summed E-state index contributed by atoms with van der Waals surface area (Å²) in [5.41, 5.74) is 3.84. The minimum atomic E-state index is -0.869. The van der Waals surface area contributed by atoms with Gasteiger partial charge in [0.15, 0.2) is 6.10 Å². The molecule has 0 aliphatic heterocycles. The van der Waals surface area contributed by atoms with E-state index >= 15 is 0 Å². The number of esters is 1. The van der Waals surface area contributed by atoms with E-state index in [-0.39, 0.29) is 5.91 Å². The van der Waals surface area contributed by atoms with Crippen molar-refractivity contribution >= 4 is 35.0 Å². The Balaban J connectivity index is 1.93. The maximum absolute atomic E-state index is 12.2. The van der Waals surface area contributed by atoms with Crippen molar-refractivity contribution in [1.82, 2.24) is 0 Å². The largest absolute Gasteiger partial charge is 0.449 e. The average molecular weight is 343 g/mol. The maximum atomic E-state index is 12.2. The molecular weight excluding hydrogens is 322 g/mol. The molecule has 0 spiro atoms. The van der Waals surface area contributed by atoms with Crippen molar-refractivity contribution in [2.75, 3.05) is 5.32 Å². The molecular formula is C19H21NO3S. The van der Waals surface area contributed by atoms with Gasteiger partial charge in [0.05, 0.1) is 0 Å². The summed E-state index contributed by atoms with van der Waals surface area (Å²) in [7, 11) is 0. The fraction of sp³-hybridized carbons (Fsp3) is 0.263. The number of aryl methyl sites for hydroxylation is 3. The van der Waals surface area contributed by atoms with Gasteiger partial charge in [-0.2, -0.15) is 0 Å². The molecule has 0 saturated carbocycles. The number of hydrogen-bond acceptors (Lipinski definition) is 4. The molecule has 2 rings (SSSR count). The van der Waals surface area contributed by atoms with Crippen molar-refractivity contribution in [3.8, 4) is 0 Å². The van der Waals surface area contributed by atoms with Gasteiger partial charge in [-0.15, -0.1) is 11.3 Å². The van der Waals surface area contributed by atoms with Crippen molar-refractivity contribution in [2.24, 2.45) is 0 Å². The van der Waals surface area contributed by atoms with E-state index in [4.69, 9.17) is 4.74 Å². The monoisotopic (exact) mass is 343 g/mol. The Hall–Kier alpha value is -2.40. The molecule has 0 fully saturated rings. The van der Waals surface area contributed by atoms with Crippen LogP contribution in [0.15, 0.2) is 35.7 Å². The summed E-state index contributed by atoms with van der Waals surface area (Å²) in [5.74, 6) is -0.885. The molecule has 0 radical (unpaired) electrons. The van der Waals surface area contributed by atoms with E-state index in [1.807, 2.05) is 50.4 Å². The molecule has 0 unspecified atom stereocenters.